The molecule has 2 aromatic rings. The van der Waals surface area contributed by atoms with Crippen molar-refractivity contribution < 1.29 is 9.72 Å². The molecule has 126 valence electrons. The van der Waals surface area contributed by atoms with E-state index in [1.165, 1.54) is 29.9 Å². The van der Waals surface area contributed by atoms with Gasteiger partial charge in [0.15, 0.2) is 0 Å². The molecule has 3 heterocycles. The van der Waals surface area contributed by atoms with E-state index < -0.39 is 4.92 Å². The molecule has 2 fully saturated rings. The number of nitro benzene ring substituents is 1. The first-order chi connectivity index (χ1) is 11.6. The van der Waals surface area contributed by atoms with E-state index in [9.17, 15) is 14.9 Å². The first kappa shape index (κ1) is 15.5. The summed E-state index contributed by atoms with van der Waals surface area (Å²) in [5.74, 6) is 0.0552. The minimum absolute atomic E-state index is 0.0552. The lowest BCUT2D eigenvalue weighted by atomic mass is 9.78. The summed E-state index contributed by atoms with van der Waals surface area (Å²) in [5.41, 5.74) is 0.449. The first-order valence-corrected chi connectivity index (χ1v) is 9.06. The van der Waals surface area contributed by atoms with Gasteiger partial charge in [0.1, 0.15) is 0 Å². The highest BCUT2D eigenvalue weighted by Crippen LogP contribution is 2.38. The number of non-ortho nitro benzene ring substituents is 1. The lowest BCUT2D eigenvalue weighted by molar-refractivity contribution is -0.384. The Morgan fingerprint density at radius 3 is 2.71 bits per heavy atom. The Morgan fingerprint density at radius 2 is 2.04 bits per heavy atom. The van der Waals surface area contributed by atoms with E-state index >= 15 is 0 Å². The third-order valence-electron chi connectivity index (χ3n) is 5.36. The minimum Gasteiger partial charge on any atom is -0.338 e. The van der Waals surface area contributed by atoms with Crippen LogP contribution in [0.5, 0.6) is 0 Å². The van der Waals surface area contributed by atoms with Gasteiger partial charge in [-0.25, -0.2) is 0 Å². The number of piperidine rings is 1. The predicted molar refractivity (Wildman–Crippen MR) is 93.5 cm³/mol. The Bertz CT molecular complexity index is 801. The Hall–Kier alpha value is -1.99. The fourth-order valence-electron chi connectivity index (χ4n) is 3.81. The number of likely N-dealkylation sites (tertiary alicyclic amines) is 1. The summed E-state index contributed by atoms with van der Waals surface area (Å²) in [6.07, 6.45) is 3.33. The SMILES string of the molecule is O=C(c1cc2cc([N+](=O)[O-])ccc2s1)N1CCC2(CCNC2)CC1. The molecule has 4 rings (SSSR count). The number of nitrogens with zero attached hydrogens (tertiary/aromatic N) is 2. The molecule has 24 heavy (non-hydrogen) atoms. The monoisotopic (exact) mass is 345 g/mol. The second-order valence-corrected chi connectivity index (χ2v) is 7.89. The number of carbonyl (C=O) groups excluding carboxylic acids is 1. The lowest BCUT2D eigenvalue weighted by Crippen LogP contribution is -2.43. The van der Waals surface area contributed by atoms with Crippen LogP contribution in [0.3, 0.4) is 0 Å². The van der Waals surface area contributed by atoms with E-state index in [-0.39, 0.29) is 11.6 Å². The van der Waals surface area contributed by atoms with E-state index in [0.717, 1.165) is 49.1 Å². The molecule has 0 atom stereocenters. The van der Waals surface area contributed by atoms with Gasteiger partial charge in [0.2, 0.25) is 0 Å². The van der Waals surface area contributed by atoms with Crippen molar-refractivity contribution in [2.75, 3.05) is 26.2 Å². The summed E-state index contributed by atoms with van der Waals surface area (Å²) in [6.45, 7) is 3.76. The highest BCUT2D eigenvalue weighted by atomic mass is 32.1. The second kappa shape index (κ2) is 5.82. The van der Waals surface area contributed by atoms with Gasteiger partial charge in [-0.15, -0.1) is 11.3 Å². The number of fused-ring (bicyclic) bond motifs is 1. The van der Waals surface area contributed by atoms with Crippen LogP contribution < -0.4 is 5.32 Å². The molecule has 1 aromatic heterocycles. The number of amides is 1. The summed E-state index contributed by atoms with van der Waals surface area (Å²) in [4.78, 5) is 25.9. The molecule has 0 radical (unpaired) electrons. The van der Waals surface area contributed by atoms with Crippen LogP contribution in [0.4, 0.5) is 5.69 Å². The van der Waals surface area contributed by atoms with Crippen LogP contribution in [-0.4, -0.2) is 41.9 Å². The maximum absolute atomic E-state index is 12.8. The zero-order chi connectivity index (χ0) is 16.7. The number of hydrogen-bond donors (Lipinski definition) is 1. The zero-order valence-corrected chi connectivity index (χ0v) is 14.1. The number of thiophene rings is 1. The molecule has 1 amide bonds. The van der Waals surface area contributed by atoms with Crippen LogP contribution in [0.15, 0.2) is 24.3 Å². The third kappa shape index (κ3) is 2.67. The van der Waals surface area contributed by atoms with Crippen molar-refractivity contribution in [3.05, 3.63) is 39.3 Å². The van der Waals surface area contributed by atoms with Crippen LogP contribution in [0.25, 0.3) is 10.1 Å². The molecular formula is C17H19N3O3S. The van der Waals surface area contributed by atoms with Crippen molar-refractivity contribution in [1.29, 1.82) is 0 Å². The van der Waals surface area contributed by atoms with Gasteiger partial charge in [-0.05, 0) is 43.4 Å². The average molecular weight is 345 g/mol. The van der Waals surface area contributed by atoms with Crippen LogP contribution >= 0.6 is 11.3 Å². The van der Waals surface area contributed by atoms with Crippen molar-refractivity contribution in [1.82, 2.24) is 10.2 Å². The van der Waals surface area contributed by atoms with Crippen molar-refractivity contribution in [3.63, 3.8) is 0 Å². The molecule has 1 N–H and O–H groups in total. The molecule has 0 unspecified atom stereocenters. The van der Waals surface area contributed by atoms with Crippen molar-refractivity contribution in [2.45, 2.75) is 19.3 Å². The van der Waals surface area contributed by atoms with Crippen LogP contribution in [0.2, 0.25) is 0 Å². The molecule has 1 spiro atoms. The molecule has 2 saturated heterocycles. The smallest absolute Gasteiger partial charge is 0.270 e. The van der Waals surface area contributed by atoms with Crippen molar-refractivity contribution in [3.8, 4) is 0 Å². The number of hydrogen-bond acceptors (Lipinski definition) is 5. The zero-order valence-electron chi connectivity index (χ0n) is 13.3. The van der Waals surface area contributed by atoms with Crippen molar-refractivity contribution >= 4 is 33.0 Å². The first-order valence-electron chi connectivity index (χ1n) is 8.24. The van der Waals surface area contributed by atoms with Gasteiger partial charge in [0.25, 0.3) is 11.6 Å². The van der Waals surface area contributed by atoms with Crippen LogP contribution in [0.1, 0.15) is 28.9 Å². The van der Waals surface area contributed by atoms with E-state index in [1.807, 2.05) is 4.90 Å². The Morgan fingerprint density at radius 1 is 1.25 bits per heavy atom. The van der Waals surface area contributed by atoms with E-state index in [0.29, 0.717) is 10.3 Å². The summed E-state index contributed by atoms with van der Waals surface area (Å²) >= 11 is 1.42. The third-order valence-corrected chi connectivity index (χ3v) is 6.47. The predicted octanol–water partition coefficient (Wildman–Crippen LogP) is 3.03. The maximum atomic E-state index is 12.8. The largest absolute Gasteiger partial charge is 0.338 e. The lowest BCUT2D eigenvalue weighted by Gasteiger charge is -2.38. The molecule has 2 aliphatic rings. The normalized spacial score (nSPS) is 19.9. The summed E-state index contributed by atoms with van der Waals surface area (Å²) in [5, 5.41) is 15.1. The molecule has 2 aliphatic heterocycles. The average Bonchev–Trinajstić information content (AvgIpc) is 3.21. The molecule has 6 nitrogen and oxygen atoms in total. The topological polar surface area (TPSA) is 75.5 Å². The summed E-state index contributed by atoms with van der Waals surface area (Å²) < 4.78 is 0.914. The quantitative estimate of drug-likeness (QED) is 0.670. The van der Waals surface area contributed by atoms with E-state index in [2.05, 4.69) is 5.32 Å². The van der Waals surface area contributed by atoms with Crippen LogP contribution in [-0.2, 0) is 0 Å². The van der Waals surface area contributed by atoms with Gasteiger partial charge < -0.3 is 10.2 Å². The second-order valence-electron chi connectivity index (χ2n) is 6.81. The Labute approximate surface area is 143 Å². The van der Waals surface area contributed by atoms with E-state index in [1.54, 1.807) is 12.1 Å². The summed E-state index contributed by atoms with van der Waals surface area (Å²) in [6, 6.07) is 6.55. The minimum atomic E-state index is -0.404. The fraction of sp³-hybridized carbons (Fsp3) is 0.471. The van der Waals surface area contributed by atoms with Gasteiger partial charge in [-0.2, -0.15) is 0 Å². The van der Waals surface area contributed by atoms with Gasteiger partial charge in [-0.1, -0.05) is 0 Å². The number of nitro groups is 1. The molecule has 0 bridgehead atoms. The highest BCUT2D eigenvalue weighted by molar-refractivity contribution is 7.20. The molecule has 0 saturated carbocycles. The van der Waals surface area contributed by atoms with Gasteiger partial charge in [0, 0.05) is 41.9 Å². The van der Waals surface area contributed by atoms with Crippen LogP contribution in [0, 0.1) is 15.5 Å². The number of nitrogens with one attached hydrogen (secondary N) is 1. The van der Waals surface area contributed by atoms with E-state index in [4.69, 9.17) is 0 Å². The Balaban J connectivity index is 1.52. The van der Waals surface area contributed by atoms with Crippen molar-refractivity contribution in [2.24, 2.45) is 5.41 Å². The highest BCUT2D eigenvalue weighted by Gasteiger charge is 2.38. The molecule has 0 aliphatic carbocycles. The molecular weight excluding hydrogens is 326 g/mol. The standard InChI is InChI=1S/C17H19N3O3S/c21-16(19-7-4-17(5-8-19)3-6-18-11-17)15-10-12-9-13(20(22)23)1-2-14(12)24-15/h1-2,9-10,18H,3-8,11H2. The van der Waals surface area contributed by atoms with Gasteiger partial charge >= 0.3 is 0 Å². The van der Waals surface area contributed by atoms with Gasteiger partial charge in [0.05, 0.1) is 9.80 Å². The number of carbonyl (C=O) groups is 1. The number of benzene rings is 1. The summed E-state index contributed by atoms with van der Waals surface area (Å²) in [7, 11) is 0. The Kier molecular flexibility index (Phi) is 3.77. The molecule has 7 heteroatoms. The fourth-order valence-corrected chi connectivity index (χ4v) is 4.82. The maximum Gasteiger partial charge on any atom is 0.270 e. The molecule has 1 aromatic carbocycles. The number of rotatable bonds is 2. The van der Waals surface area contributed by atoms with Gasteiger partial charge in [-0.3, -0.25) is 14.9 Å².